The van der Waals surface area contributed by atoms with Gasteiger partial charge in [-0.25, -0.2) is 0 Å². The number of hydrogen-bond acceptors (Lipinski definition) is 1. The van der Waals surface area contributed by atoms with E-state index in [1.807, 2.05) is 0 Å². The van der Waals surface area contributed by atoms with Crippen molar-refractivity contribution < 1.29 is 0 Å². The van der Waals surface area contributed by atoms with Crippen LogP contribution in [0.25, 0.3) is 0 Å². The van der Waals surface area contributed by atoms with E-state index in [1.165, 1.54) is 0 Å². The molecule has 0 rings (SSSR count). The zero-order chi connectivity index (χ0) is 0. The summed E-state index contributed by atoms with van der Waals surface area (Å²) in [6, 6.07) is 0. The molecule has 0 spiro atoms. The molecule has 24 valence electrons. The van der Waals surface area contributed by atoms with Crippen molar-refractivity contribution in [3.05, 3.63) is 0 Å². The number of hydrogen-bond donors (Lipinski definition) is 1. The predicted molar refractivity (Wildman–Crippen MR) is 23.3 cm³/mol. The normalized spacial score (nSPS) is 0. The summed E-state index contributed by atoms with van der Waals surface area (Å²) in [6.07, 6.45) is 0. The molecule has 0 aliphatic carbocycles. The maximum atomic E-state index is 0. The Hall–Kier alpha value is 0.908. The van der Waals surface area contributed by atoms with Gasteiger partial charge < -0.3 is 6.15 Å². The van der Waals surface area contributed by atoms with Crippen LogP contribution >= 0.6 is 0 Å². The molecule has 3 heteroatoms. The van der Waals surface area contributed by atoms with Gasteiger partial charge in [0.1, 0.15) is 0 Å². The minimum atomic E-state index is 0. The molecule has 0 aromatic carbocycles. The molecule has 0 saturated carbocycles. The third kappa shape index (κ3) is 12.8. The minimum Gasteiger partial charge on any atom is -0.344 e. The molecule has 0 saturated heterocycles. The SMILES string of the molecule is C.N.[B].[Bi]. The van der Waals surface area contributed by atoms with Crippen molar-refractivity contribution in [3.63, 3.8) is 0 Å². The smallest absolute Gasteiger partial charge is 0 e. The second kappa shape index (κ2) is 40.1. The summed E-state index contributed by atoms with van der Waals surface area (Å²) in [6.45, 7) is 0. The van der Waals surface area contributed by atoms with Crippen LogP contribution in [0.15, 0.2) is 0 Å². The van der Waals surface area contributed by atoms with E-state index >= 15 is 0 Å². The second-order valence-electron chi connectivity index (χ2n) is 0. The van der Waals surface area contributed by atoms with Crippen LogP contribution in [0.2, 0.25) is 0 Å². The van der Waals surface area contributed by atoms with Crippen molar-refractivity contribution in [1.29, 1.82) is 0 Å². The van der Waals surface area contributed by atoms with Crippen LogP contribution in [0.1, 0.15) is 7.43 Å². The molecular formula is CH7BBiN. The van der Waals surface area contributed by atoms with Gasteiger partial charge in [0.05, 0.1) is 0 Å². The minimum absolute atomic E-state index is 0. The molecule has 4 heavy (non-hydrogen) atoms. The fraction of sp³-hybridized carbons (Fsp3) is 1.00. The van der Waals surface area contributed by atoms with Crippen LogP contribution in [0.5, 0.6) is 0 Å². The molecule has 6 radical (unpaired) electrons. The molecular weight excluding hydrogens is 246 g/mol. The third-order valence-electron chi connectivity index (χ3n) is 0. The van der Waals surface area contributed by atoms with E-state index in [4.69, 9.17) is 0 Å². The largest absolute Gasteiger partial charge is 0.344 e. The van der Waals surface area contributed by atoms with Gasteiger partial charge in [-0.3, -0.25) is 0 Å². The molecule has 0 amide bonds. The Balaban J connectivity index is 0. The summed E-state index contributed by atoms with van der Waals surface area (Å²) >= 11 is 0. The van der Waals surface area contributed by atoms with Gasteiger partial charge >= 0.3 is 0 Å². The molecule has 0 fully saturated rings. The molecule has 0 aliphatic rings. The first-order valence-electron chi connectivity index (χ1n) is 0. The zero-order valence-electron chi connectivity index (χ0n) is 1.73. The van der Waals surface area contributed by atoms with Gasteiger partial charge in [-0.15, -0.1) is 0 Å². The van der Waals surface area contributed by atoms with Gasteiger partial charge in [0.15, 0.2) is 0 Å². The monoisotopic (exact) mass is 253 g/mol. The summed E-state index contributed by atoms with van der Waals surface area (Å²) in [5.74, 6) is 0. The summed E-state index contributed by atoms with van der Waals surface area (Å²) < 4.78 is 0. The molecule has 0 aliphatic heterocycles. The number of rotatable bonds is 0. The second-order valence-corrected chi connectivity index (χ2v) is 0. The van der Waals surface area contributed by atoms with Gasteiger partial charge in [0.2, 0.25) is 0 Å². The van der Waals surface area contributed by atoms with Gasteiger partial charge in [0, 0.05) is 34.6 Å². The predicted octanol–water partition coefficient (Wildman–Crippen LogP) is 0.0365. The Morgan fingerprint density at radius 2 is 1.00 bits per heavy atom. The van der Waals surface area contributed by atoms with Crippen LogP contribution in [-0.2, 0) is 0 Å². The van der Waals surface area contributed by atoms with Crippen LogP contribution in [-0.4, -0.2) is 34.6 Å². The van der Waals surface area contributed by atoms with Crippen molar-refractivity contribution in [2.45, 2.75) is 7.43 Å². The van der Waals surface area contributed by atoms with Crippen LogP contribution < -0.4 is 6.15 Å². The maximum Gasteiger partial charge on any atom is 0 e. The van der Waals surface area contributed by atoms with E-state index in [-0.39, 0.29) is 48.2 Å². The molecule has 0 unspecified atom stereocenters. The van der Waals surface area contributed by atoms with E-state index in [1.54, 1.807) is 0 Å². The summed E-state index contributed by atoms with van der Waals surface area (Å²) in [5.41, 5.74) is 0. The molecule has 0 aromatic rings. The van der Waals surface area contributed by atoms with Crippen molar-refractivity contribution in [3.8, 4) is 0 Å². The Morgan fingerprint density at radius 3 is 1.00 bits per heavy atom. The summed E-state index contributed by atoms with van der Waals surface area (Å²) in [5, 5.41) is 0. The maximum absolute atomic E-state index is 0. The van der Waals surface area contributed by atoms with E-state index in [0.29, 0.717) is 0 Å². The fourth-order valence-electron chi connectivity index (χ4n) is 0. The quantitative estimate of drug-likeness (QED) is 0.607. The Labute approximate surface area is 48.4 Å². The van der Waals surface area contributed by atoms with Crippen molar-refractivity contribution in [1.82, 2.24) is 6.15 Å². The Morgan fingerprint density at radius 1 is 1.00 bits per heavy atom. The molecule has 3 N–H and O–H groups in total. The van der Waals surface area contributed by atoms with Gasteiger partial charge in [-0.1, -0.05) is 7.43 Å². The van der Waals surface area contributed by atoms with Gasteiger partial charge in [0.25, 0.3) is 0 Å². The standard InChI is InChI=1S/CH4.B.Bi.H3N/h1H4;;;1H3. The van der Waals surface area contributed by atoms with Gasteiger partial charge in [-0.2, -0.15) is 0 Å². The first kappa shape index (κ1) is 90.9. The van der Waals surface area contributed by atoms with Crippen molar-refractivity contribution >= 4 is 34.6 Å². The summed E-state index contributed by atoms with van der Waals surface area (Å²) in [4.78, 5) is 0. The van der Waals surface area contributed by atoms with Crippen LogP contribution in [0.3, 0.4) is 0 Å². The zero-order valence-corrected chi connectivity index (χ0v) is 5.21. The third-order valence-corrected chi connectivity index (χ3v) is 0. The van der Waals surface area contributed by atoms with Crippen molar-refractivity contribution in [2.75, 3.05) is 0 Å². The molecule has 0 heterocycles. The Kier molecular flexibility index (Phi) is 911. The van der Waals surface area contributed by atoms with E-state index in [0.717, 1.165) is 0 Å². The average molecular weight is 253 g/mol. The topological polar surface area (TPSA) is 35.0 Å². The first-order valence-corrected chi connectivity index (χ1v) is 0. The van der Waals surface area contributed by atoms with Crippen LogP contribution in [0, 0.1) is 0 Å². The molecule has 1 nitrogen and oxygen atoms in total. The van der Waals surface area contributed by atoms with Gasteiger partial charge in [-0.05, 0) is 0 Å². The van der Waals surface area contributed by atoms with E-state index < -0.39 is 0 Å². The molecule has 0 atom stereocenters. The molecule has 0 aromatic heterocycles. The Bertz CT molecular complexity index is 8.00. The molecule has 0 bridgehead atoms. The van der Waals surface area contributed by atoms with Crippen LogP contribution in [0.4, 0.5) is 0 Å². The van der Waals surface area contributed by atoms with E-state index in [2.05, 4.69) is 0 Å². The fourth-order valence-corrected chi connectivity index (χ4v) is 0. The average Bonchev–Trinajstić information content (AvgIpc) is 0. The first-order chi connectivity index (χ1) is 0. The van der Waals surface area contributed by atoms with Crippen molar-refractivity contribution in [2.24, 2.45) is 0 Å². The van der Waals surface area contributed by atoms with E-state index in [9.17, 15) is 0 Å². The summed E-state index contributed by atoms with van der Waals surface area (Å²) in [7, 11) is 0.